The van der Waals surface area contributed by atoms with Crippen molar-refractivity contribution in [1.29, 1.82) is 0 Å². The monoisotopic (exact) mass is 280 g/mol. The molecule has 0 radical (unpaired) electrons. The lowest BCUT2D eigenvalue weighted by Gasteiger charge is -2.48. The Morgan fingerprint density at radius 1 is 1.58 bits per heavy atom. The molecule has 19 heavy (non-hydrogen) atoms. The number of amides is 1. The number of hydrogen-bond donors (Lipinski definition) is 1. The summed E-state index contributed by atoms with van der Waals surface area (Å²) in [5.74, 6) is 0.625. The Morgan fingerprint density at radius 3 is 3.00 bits per heavy atom. The molecule has 6 heteroatoms. The van der Waals surface area contributed by atoms with E-state index in [9.17, 15) is 4.79 Å². The molecular formula is C13H20N4OS. The highest BCUT2D eigenvalue weighted by atomic mass is 32.2. The second-order valence-electron chi connectivity index (χ2n) is 5.51. The minimum absolute atomic E-state index is 0.105. The second-order valence-corrected chi connectivity index (χ2v) is 6.39. The molecule has 3 unspecified atom stereocenters. The Kier molecular flexibility index (Phi) is 3.54. The lowest BCUT2D eigenvalue weighted by molar-refractivity contribution is 0.0321. The van der Waals surface area contributed by atoms with Crippen LogP contribution in [-0.2, 0) is 0 Å². The molecule has 4 rings (SSSR count). The largest absolute Gasteiger partial charge is 0.342 e. The molecule has 3 aliphatic heterocycles. The van der Waals surface area contributed by atoms with Crippen LogP contribution in [-0.4, -0.2) is 52.1 Å². The Labute approximate surface area is 117 Å². The highest BCUT2D eigenvalue weighted by molar-refractivity contribution is 7.98. The van der Waals surface area contributed by atoms with Crippen molar-refractivity contribution in [2.24, 2.45) is 5.92 Å². The zero-order valence-corrected chi connectivity index (χ0v) is 12.2. The van der Waals surface area contributed by atoms with E-state index in [1.54, 1.807) is 24.2 Å². The first kappa shape index (κ1) is 13.0. The Bertz CT molecular complexity index is 475. The average molecular weight is 280 g/mol. The highest BCUT2D eigenvalue weighted by Crippen LogP contribution is 2.31. The third-order valence-corrected chi connectivity index (χ3v) is 5.05. The molecule has 0 saturated carbocycles. The van der Waals surface area contributed by atoms with Gasteiger partial charge >= 0.3 is 6.03 Å². The lowest BCUT2D eigenvalue weighted by Crippen LogP contribution is -2.60. The van der Waals surface area contributed by atoms with E-state index in [0.29, 0.717) is 12.0 Å². The molecule has 4 atom stereocenters. The number of carbonyl (C=O) groups excluding carboxylic acids is 1. The van der Waals surface area contributed by atoms with Crippen LogP contribution in [0.3, 0.4) is 0 Å². The Morgan fingerprint density at radius 2 is 2.42 bits per heavy atom. The highest BCUT2D eigenvalue weighted by Gasteiger charge is 2.38. The van der Waals surface area contributed by atoms with Gasteiger partial charge in [0, 0.05) is 29.7 Å². The van der Waals surface area contributed by atoms with E-state index in [2.05, 4.69) is 22.2 Å². The number of hydrogen-bond acceptors (Lipinski definition) is 4. The first-order valence-electron chi connectivity index (χ1n) is 6.81. The maximum atomic E-state index is 12.2. The summed E-state index contributed by atoms with van der Waals surface area (Å²) >= 11 is 1.59. The predicted octanol–water partition coefficient (Wildman–Crippen LogP) is 1.65. The van der Waals surface area contributed by atoms with Gasteiger partial charge in [-0.3, -0.25) is 4.90 Å². The van der Waals surface area contributed by atoms with Crippen molar-refractivity contribution >= 4 is 17.8 Å². The Hall–Kier alpha value is -1.01. The number of fused-ring (bicyclic) bond motifs is 3. The molecule has 3 saturated heterocycles. The summed E-state index contributed by atoms with van der Waals surface area (Å²) < 4.78 is 1.41. The number of nitrogens with one attached hydrogen (secondary N) is 1. The van der Waals surface area contributed by atoms with Crippen LogP contribution in [0, 0.1) is 5.92 Å². The van der Waals surface area contributed by atoms with Gasteiger partial charge in [0.05, 0.1) is 6.20 Å². The van der Waals surface area contributed by atoms with Crippen molar-refractivity contribution in [3.8, 4) is 0 Å². The van der Waals surface area contributed by atoms with Crippen molar-refractivity contribution in [3.05, 3.63) is 12.4 Å². The fourth-order valence-electron chi connectivity index (χ4n) is 3.21. The minimum atomic E-state index is -0.105. The normalized spacial score (nSPS) is 33.4. The molecule has 1 aromatic rings. The predicted molar refractivity (Wildman–Crippen MR) is 75.5 cm³/mol. The van der Waals surface area contributed by atoms with Gasteiger partial charge < -0.3 is 5.32 Å². The number of piperidine rings is 3. The van der Waals surface area contributed by atoms with Crippen LogP contribution in [0.1, 0.15) is 19.8 Å². The van der Waals surface area contributed by atoms with Gasteiger partial charge in [-0.1, -0.05) is 0 Å². The summed E-state index contributed by atoms with van der Waals surface area (Å²) in [6, 6.07) is 0.839. The van der Waals surface area contributed by atoms with E-state index in [0.717, 1.165) is 11.4 Å². The van der Waals surface area contributed by atoms with E-state index in [4.69, 9.17) is 0 Å². The smallest absolute Gasteiger partial charge is 0.332 e. The molecule has 0 spiro atoms. The fourth-order valence-corrected chi connectivity index (χ4v) is 3.56. The summed E-state index contributed by atoms with van der Waals surface area (Å²) in [7, 11) is 0. The quantitative estimate of drug-likeness (QED) is 0.837. The van der Waals surface area contributed by atoms with Gasteiger partial charge in [0.25, 0.3) is 0 Å². The molecule has 0 aromatic carbocycles. The van der Waals surface area contributed by atoms with E-state index in [1.807, 2.05) is 6.26 Å². The van der Waals surface area contributed by atoms with Crippen molar-refractivity contribution < 1.29 is 4.79 Å². The number of aromatic nitrogens is 2. The standard InChI is InChI=1S/C13H20N4OS/c1-9-5-10-3-4-16(9)8-12(10)15-13(18)17-7-11(19-2)6-14-17/h6-7,9-10,12H,3-5,8H2,1-2H3,(H,15,18)/t9?,10?,12-/m0/s1. The third-order valence-electron chi connectivity index (χ3n) is 4.37. The first-order valence-corrected chi connectivity index (χ1v) is 8.03. The van der Waals surface area contributed by atoms with E-state index in [1.165, 1.54) is 24.1 Å². The SMILES string of the molecule is CSc1cnn(C(=O)N[C@H]2CN3CCC2CC3C)c1. The minimum Gasteiger partial charge on any atom is -0.332 e. The van der Waals surface area contributed by atoms with Gasteiger partial charge in [-0.2, -0.15) is 9.78 Å². The zero-order chi connectivity index (χ0) is 13.4. The summed E-state index contributed by atoms with van der Waals surface area (Å²) in [5.41, 5.74) is 0. The van der Waals surface area contributed by atoms with Crippen LogP contribution >= 0.6 is 11.8 Å². The van der Waals surface area contributed by atoms with Crippen LogP contribution in [0.15, 0.2) is 17.3 Å². The van der Waals surface area contributed by atoms with Gasteiger partial charge in [0.1, 0.15) is 0 Å². The topological polar surface area (TPSA) is 50.2 Å². The summed E-state index contributed by atoms with van der Waals surface area (Å²) in [6.45, 7) is 4.44. The van der Waals surface area contributed by atoms with Crippen LogP contribution in [0.25, 0.3) is 0 Å². The third kappa shape index (κ3) is 2.51. The first-order chi connectivity index (χ1) is 9.17. The summed E-state index contributed by atoms with van der Waals surface area (Å²) in [6.07, 6.45) is 7.88. The molecule has 1 N–H and O–H groups in total. The number of rotatable bonds is 2. The molecule has 0 aliphatic carbocycles. The van der Waals surface area contributed by atoms with E-state index < -0.39 is 0 Å². The molecule has 1 aromatic heterocycles. The number of nitrogens with zero attached hydrogens (tertiary/aromatic N) is 3. The van der Waals surface area contributed by atoms with Gasteiger partial charge in [-0.15, -0.1) is 11.8 Å². The van der Waals surface area contributed by atoms with Crippen LogP contribution in [0.4, 0.5) is 4.79 Å². The molecule has 2 bridgehead atoms. The van der Waals surface area contributed by atoms with Crippen molar-refractivity contribution in [3.63, 3.8) is 0 Å². The summed E-state index contributed by atoms with van der Waals surface area (Å²) in [5, 5.41) is 7.23. The van der Waals surface area contributed by atoms with Gasteiger partial charge in [-0.05, 0) is 38.5 Å². The fraction of sp³-hybridized carbons (Fsp3) is 0.692. The molecule has 104 valence electrons. The van der Waals surface area contributed by atoms with E-state index in [-0.39, 0.29) is 12.1 Å². The molecule has 3 aliphatic rings. The molecular weight excluding hydrogens is 260 g/mol. The van der Waals surface area contributed by atoms with Crippen LogP contribution in [0.2, 0.25) is 0 Å². The second kappa shape index (κ2) is 5.17. The van der Waals surface area contributed by atoms with Gasteiger partial charge in [0.15, 0.2) is 0 Å². The number of carbonyl (C=O) groups is 1. The lowest BCUT2D eigenvalue weighted by atomic mass is 9.80. The van der Waals surface area contributed by atoms with Crippen LogP contribution in [0.5, 0.6) is 0 Å². The maximum absolute atomic E-state index is 12.2. The van der Waals surface area contributed by atoms with Crippen molar-refractivity contribution in [2.75, 3.05) is 19.3 Å². The zero-order valence-electron chi connectivity index (χ0n) is 11.4. The maximum Gasteiger partial charge on any atom is 0.342 e. The molecule has 3 fully saturated rings. The van der Waals surface area contributed by atoms with E-state index >= 15 is 0 Å². The van der Waals surface area contributed by atoms with Crippen LogP contribution < -0.4 is 5.32 Å². The Balaban J connectivity index is 1.64. The van der Waals surface area contributed by atoms with Crippen molar-refractivity contribution in [1.82, 2.24) is 20.0 Å². The van der Waals surface area contributed by atoms with Gasteiger partial charge in [0.2, 0.25) is 0 Å². The molecule has 4 heterocycles. The molecule has 5 nitrogen and oxygen atoms in total. The number of thioether (sulfide) groups is 1. The van der Waals surface area contributed by atoms with Crippen molar-refractivity contribution in [2.45, 2.75) is 36.7 Å². The van der Waals surface area contributed by atoms with Gasteiger partial charge in [-0.25, -0.2) is 4.79 Å². The molecule has 1 amide bonds. The average Bonchev–Trinajstić information content (AvgIpc) is 2.89. The summed E-state index contributed by atoms with van der Waals surface area (Å²) in [4.78, 5) is 15.6.